The molecular formula is C33H28F6N2O8S2. The van der Waals surface area contributed by atoms with E-state index in [1.807, 2.05) is 0 Å². The van der Waals surface area contributed by atoms with Crippen molar-refractivity contribution in [3.63, 3.8) is 0 Å². The number of benzene rings is 4. The Hall–Kier alpha value is -5.10. The van der Waals surface area contributed by atoms with Crippen molar-refractivity contribution in [1.82, 2.24) is 0 Å². The van der Waals surface area contributed by atoms with Gasteiger partial charge in [-0.3, -0.25) is 8.57 Å². The Balaban J connectivity index is 1.30. The zero-order valence-electron chi connectivity index (χ0n) is 26.6. The first kappa shape index (κ1) is 38.7. The van der Waals surface area contributed by atoms with Crippen LogP contribution in [0.4, 0.5) is 26.3 Å². The minimum absolute atomic E-state index is 0.0349. The lowest BCUT2D eigenvalue weighted by molar-refractivity contribution is -0.0606. The molecule has 0 N–H and O–H groups in total. The summed E-state index contributed by atoms with van der Waals surface area (Å²) in [7, 11) is -9.23. The minimum atomic E-state index is -5.06. The minimum Gasteiger partial charge on any atom is -0.493 e. The first-order valence-electron chi connectivity index (χ1n) is 14.6. The molecule has 0 aliphatic heterocycles. The monoisotopic (exact) mass is 758 g/mol. The van der Waals surface area contributed by atoms with Gasteiger partial charge < -0.3 is 9.47 Å². The summed E-state index contributed by atoms with van der Waals surface area (Å²) < 4.78 is 151. The maximum Gasteiger partial charge on any atom is 0.437 e. The predicted molar refractivity (Wildman–Crippen MR) is 173 cm³/mol. The molecule has 0 radical (unpaired) electrons. The van der Waals surface area contributed by atoms with Crippen molar-refractivity contribution in [2.75, 3.05) is 13.2 Å². The molecule has 0 spiro atoms. The number of alkyl halides is 6. The van der Waals surface area contributed by atoms with E-state index in [1.54, 1.807) is 13.8 Å². The molecule has 0 amide bonds. The summed E-state index contributed by atoms with van der Waals surface area (Å²) in [5.74, 6) is 0.340. The number of hydrogen-bond acceptors (Lipinski definition) is 10. The van der Waals surface area contributed by atoms with Crippen LogP contribution >= 0.6 is 0 Å². The predicted octanol–water partition coefficient (Wildman–Crippen LogP) is 7.50. The van der Waals surface area contributed by atoms with Crippen LogP contribution in [-0.2, 0) is 28.8 Å². The number of rotatable bonds is 14. The van der Waals surface area contributed by atoms with E-state index >= 15 is 0 Å². The number of aryl methyl sites for hydroxylation is 2. The fourth-order valence-electron chi connectivity index (χ4n) is 4.06. The fraction of sp³-hybridized carbons (Fsp3) is 0.212. The van der Waals surface area contributed by atoms with Gasteiger partial charge in [-0.15, -0.1) is 0 Å². The first-order chi connectivity index (χ1) is 23.8. The van der Waals surface area contributed by atoms with Crippen LogP contribution in [0, 0.1) is 13.8 Å². The molecule has 0 aliphatic carbocycles. The van der Waals surface area contributed by atoms with Crippen molar-refractivity contribution in [3.8, 4) is 11.5 Å². The maximum atomic E-state index is 13.7. The topological polar surface area (TPSA) is 130 Å². The van der Waals surface area contributed by atoms with Crippen molar-refractivity contribution in [1.29, 1.82) is 0 Å². The summed E-state index contributed by atoms with van der Waals surface area (Å²) in [5, 5.41) is 5.79. The zero-order valence-corrected chi connectivity index (χ0v) is 28.2. The highest BCUT2D eigenvalue weighted by Crippen LogP contribution is 2.27. The van der Waals surface area contributed by atoms with E-state index < -0.39 is 55.1 Å². The lowest BCUT2D eigenvalue weighted by Gasteiger charge is -2.12. The molecule has 0 atom stereocenters. The van der Waals surface area contributed by atoms with E-state index in [4.69, 9.17) is 9.47 Å². The van der Waals surface area contributed by atoms with E-state index in [0.717, 1.165) is 35.4 Å². The van der Waals surface area contributed by atoms with Gasteiger partial charge in [-0.25, -0.2) is 0 Å². The second-order valence-electron chi connectivity index (χ2n) is 10.7. The number of oxime groups is 2. The van der Waals surface area contributed by atoms with Crippen molar-refractivity contribution >= 4 is 31.7 Å². The van der Waals surface area contributed by atoms with Crippen LogP contribution in [0.1, 0.15) is 28.7 Å². The van der Waals surface area contributed by atoms with E-state index in [0.29, 0.717) is 0 Å². The smallest absolute Gasteiger partial charge is 0.437 e. The Kier molecular flexibility index (Phi) is 12.0. The van der Waals surface area contributed by atoms with Gasteiger partial charge in [-0.1, -0.05) is 45.7 Å². The van der Waals surface area contributed by atoms with Gasteiger partial charge in [-0.05, 0) is 86.6 Å². The molecule has 0 fully saturated rings. The van der Waals surface area contributed by atoms with E-state index in [9.17, 15) is 43.2 Å². The number of nitrogens with zero attached hydrogens (tertiary/aromatic N) is 2. The molecule has 0 heterocycles. The number of ether oxygens (including phenoxy) is 2. The highest BCUT2D eigenvalue weighted by Gasteiger charge is 2.39. The second-order valence-corrected chi connectivity index (χ2v) is 13.7. The molecule has 0 saturated carbocycles. The molecule has 4 rings (SSSR count). The quantitative estimate of drug-likeness (QED) is 0.0560. The summed E-state index contributed by atoms with van der Waals surface area (Å²) >= 11 is 0. The molecule has 4 aromatic rings. The van der Waals surface area contributed by atoms with Crippen molar-refractivity contribution in [2.45, 2.75) is 42.4 Å². The summed E-state index contributed by atoms with van der Waals surface area (Å²) in [6.45, 7) is 3.46. The molecule has 272 valence electrons. The first-order valence-corrected chi connectivity index (χ1v) is 17.4. The average molecular weight is 759 g/mol. The van der Waals surface area contributed by atoms with Gasteiger partial charge >= 0.3 is 32.6 Å². The molecule has 0 saturated heterocycles. The summed E-state index contributed by atoms with van der Waals surface area (Å²) in [6, 6.07) is 19.4. The highest BCUT2D eigenvalue weighted by molar-refractivity contribution is 7.87. The normalized spacial score (nSPS) is 13.1. The van der Waals surface area contributed by atoms with Crippen LogP contribution < -0.4 is 9.47 Å². The maximum absolute atomic E-state index is 13.7. The van der Waals surface area contributed by atoms with Crippen molar-refractivity contribution in [3.05, 3.63) is 119 Å². The Morgan fingerprint density at radius 2 is 0.843 bits per heavy atom. The zero-order chi connectivity index (χ0) is 37.5. The summed E-state index contributed by atoms with van der Waals surface area (Å²) in [5.41, 5.74) is -2.69. The lowest BCUT2D eigenvalue weighted by Crippen LogP contribution is -2.25. The molecule has 0 unspecified atom stereocenters. The molecule has 51 heavy (non-hydrogen) atoms. The third kappa shape index (κ3) is 10.9. The van der Waals surface area contributed by atoms with Crippen LogP contribution in [0.5, 0.6) is 11.5 Å². The summed E-state index contributed by atoms with van der Waals surface area (Å²) in [6.07, 6.45) is -9.86. The van der Waals surface area contributed by atoms with Crippen LogP contribution in [0.25, 0.3) is 0 Å². The van der Waals surface area contributed by atoms with E-state index in [2.05, 4.69) is 18.9 Å². The highest BCUT2D eigenvalue weighted by atomic mass is 32.2. The third-order valence-electron chi connectivity index (χ3n) is 6.69. The molecule has 10 nitrogen and oxygen atoms in total. The van der Waals surface area contributed by atoms with Gasteiger partial charge in [-0.2, -0.15) is 43.2 Å². The molecule has 4 aromatic carbocycles. The number of hydrogen-bond donors (Lipinski definition) is 0. The molecule has 0 aromatic heterocycles. The molecule has 18 heteroatoms. The third-order valence-corrected chi connectivity index (χ3v) is 8.93. The molecular weight excluding hydrogens is 730 g/mol. The lowest BCUT2D eigenvalue weighted by atomic mass is 10.1. The van der Waals surface area contributed by atoms with Gasteiger partial charge in [0.2, 0.25) is 0 Å². The van der Waals surface area contributed by atoms with Gasteiger partial charge in [0.1, 0.15) is 21.3 Å². The number of halogens is 6. The van der Waals surface area contributed by atoms with Crippen LogP contribution in [0.15, 0.2) is 117 Å². The van der Waals surface area contributed by atoms with Gasteiger partial charge in [0, 0.05) is 17.5 Å². The Labute approximate surface area is 289 Å². The van der Waals surface area contributed by atoms with Crippen molar-refractivity contribution < 1.29 is 61.2 Å². The largest absolute Gasteiger partial charge is 0.493 e. The molecule has 0 aliphatic rings. The van der Waals surface area contributed by atoms with Crippen LogP contribution in [-0.4, -0.2) is 53.8 Å². The summed E-state index contributed by atoms with van der Waals surface area (Å²) in [4.78, 5) is -0.744. The molecule has 0 bridgehead atoms. The standard InChI is InChI=1S/C33H28F6N2O8S2/c1-22-4-16-28(17-5-22)50(42,43)48-40-30(32(34,35)36)24-8-12-26(13-9-24)46-20-3-21-47-27-14-10-25(11-15-27)31(33(37,38)39)41-49-51(44,45)29-18-6-23(2)7-19-29/h4-19H,3,20-21H2,1-2H3/b40-30+,41-31+. The Morgan fingerprint density at radius 1 is 0.529 bits per heavy atom. The van der Waals surface area contributed by atoms with Gasteiger partial charge in [0.25, 0.3) is 0 Å². The van der Waals surface area contributed by atoms with Gasteiger partial charge in [0.05, 0.1) is 13.2 Å². The average Bonchev–Trinajstić information content (AvgIpc) is 3.05. The second kappa shape index (κ2) is 15.8. The van der Waals surface area contributed by atoms with Crippen LogP contribution in [0.3, 0.4) is 0 Å². The van der Waals surface area contributed by atoms with Crippen LogP contribution in [0.2, 0.25) is 0 Å². The Bertz CT molecular complexity index is 1920. The Morgan fingerprint density at radius 3 is 1.14 bits per heavy atom. The SMILES string of the molecule is Cc1ccc(S(=O)(=O)O/N=C(\c2ccc(OCCCOc3ccc(/C(=N\OS(=O)(=O)c4ccc(C)cc4)C(F)(F)F)cc3)cc2)C(F)(F)F)cc1. The van der Waals surface area contributed by atoms with E-state index in [1.165, 1.54) is 72.8 Å². The fourth-order valence-corrected chi connectivity index (χ4v) is 5.52. The van der Waals surface area contributed by atoms with E-state index in [-0.39, 0.29) is 40.9 Å². The van der Waals surface area contributed by atoms with Crippen molar-refractivity contribution in [2.24, 2.45) is 10.3 Å². The van der Waals surface area contributed by atoms with Gasteiger partial charge in [0.15, 0.2) is 11.4 Å².